The molecule has 1 rings (SSSR count). The topological polar surface area (TPSA) is 83.5 Å². The SMILES string of the molecule is CS(=O)(=O)Oc1c(I)ccc(I)c1C(=O)[O-]. The second-order valence-corrected chi connectivity index (χ2v) is 6.71. The van der Waals surface area contributed by atoms with Crippen LogP contribution in [0.15, 0.2) is 12.1 Å². The highest BCUT2D eigenvalue weighted by Gasteiger charge is 2.17. The summed E-state index contributed by atoms with van der Waals surface area (Å²) in [6.07, 6.45) is 0.849. The van der Waals surface area contributed by atoms with Gasteiger partial charge < -0.3 is 14.1 Å². The molecular weight excluding hydrogens is 462 g/mol. The highest BCUT2D eigenvalue weighted by molar-refractivity contribution is 14.1. The number of aromatic carboxylic acids is 1. The Bertz CT molecular complexity index is 538. The van der Waals surface area contributed by atoms with Crippen LogP contribution in [0, 0.1) is 7.14 Å². The Hall–Kier alpha value is -0.100. The van der Waals surface area contributed by atoms with Crippen molar-refractivity contribution < 1.29 is 22.5 Å². The maximum Gasteiger partial charge on any atom is 0.306 e. The molecule has 0 unspecified atom stereocenters. The molecule has 16 heavy (non-hydrogen) atoms. The monoisotopic (exact) mass is 467 g/mol. The molecule has 0 aliphatic heterocycles. The number of carbonyl (C=O) groups is 1. The Morgan fingerprint density at radius 2 is 1.81 bits per heavy atom. The van der Waals surface area contributed by atoms with Crippen LogP contribution in [-0.2, 0) is 10.1 Å². The molecule has 0 saturated heterocycles. The van der Waals surface area contributed by atoms with E-state index in [0.717, 1.165) is 6.26 Å². The molecule has 88 valence electrons. The lowest BCUT2D eigenvalue weighted by Gasteiger charge is -2.13. The summed E-state index contributed by atoms with van der Waals surface area (Å²) in [6, 6.07) is 3.11. The van der Waals surface area contributed by atoms with Gasteiger partial charge in [-0.3, -0.25) is 0 Å². The number of rotatable bonds is 3. The van der Waals surface area contributed by atoms with Gasteiger partial charge in [-0.2, -0.15) is 8.42 Å². The fraction of sp³-hybridized carbons (Fsp3) is 0.125. The van der Waals surface area contributed by atoms with Gasteiger partial charge in [0.15, 0.2) is 5.75 Å². The van der Waals surface area contributed by atoms with Crippen LogP contribution >= 0.6 is 45.2 Å². The average molecular weight is 467 g/mol. The van der Waals surface area contributed by atoms with Crippen LogP contribution < -0.4 is 9.29 Å². The van der Waals surface area contributed by atoms with E-state index in [9.17, 15) is 18.3 Å². The van der Waals surface area contributed by atoms with Gasteiger partial charge in [-0.1, -0.05) is 0 Å². The Morgan fingerprint density at radius 1 is 1.31 bits per heavy atom. The number of carbonyl (C=O) groups excluding carboxylic acids is 1. The molecular formula is C8H5I2O5S-. The van der Waals surface area contributed by atoms with Gasteiger partial charge in [0.1, 0.15) is 0 Å². The summed E-state index contributed by atoms with van der Waals surface area (Å²) in [4.78, 5) is 10.9. The van der Waals surface area contributed by atoms with Crippen LogP contribution in [0.2, 0.25) is 0 Å². The van der Waals surface area contributed by atoms with Crippen molar-refractivity contribution in [3.05, 3.63) is 24.8 Å². The average Bonchev–Trinajstić information content (AvgIpc) is 2.08. The number of hydrogen-bond acceptors (Lipinski definition) is 5. The van der Waals surface area contributed by atoms with E-state index in [1.54, 1.807) is 57.3 Å². The van der Waals surface area contributed by atoms with Gasteiger partial charge in [-0.05, 0) is 57.3 Å². The van der Waals surface area contributed by atoms with Crippen molar-refractivity contribution in [1.82, 2.24) is 0 Å². The van der Waals surface area contributed by atoms with Gasteiger partial charge in [-0.15, -0.1) is 0 Å². The first-order valence-electron chi connectivity index (χ1n) is 3.81. The van der Waals surface area contributed by atoms with Crippen molar-refractivity contribution in [2.75, 3.05) is 6.26 Å². The summed E-state index contributed by atoms with van der Waals surface area (Å²) < 4.78 is 27.4. The molecule has 1 aromatic carbocycles. The molecule has 0 saturated carbocycles. The lowest BCUT2D eigenvalue weighted by Crippen LogP contribution is -2.25. The van der Waals surface area contributed by atoms with Crippen LogP contribution in [0.1, 0.15) is 10.4 Å². The Labute approximate surface area is 120 Å². The Kier molecular flexibility index (Phi) is 4.40. The van der Waals surface area contributed by atoms with Crippen molar-refractivity contribution >= 4 is 61.3 Å². The molecule has 0 aliphatic rings. The van der Waals surface area contributed by atoms with E-state index in [1.165, 1.54) is 0 Å². The maximum absolute atomic E-state index is 11.0. The van der Waals surface area contributed by atoms with Gasteiger partial charge >= 0.3 is 10.1 Å². The molecule has 0 heterocycles. The minimum atomic E-state index is -3.77. The molecule has 0 spiro atoms. The third-order valence-electron chi connectivity index (χ3n) is 1.50. The lowest BCUT2D eigenvalue weighted by molar-refractivity contribution is -0.255. The number of benzene rings is 1. The van der Waals surface area contributed by atoms with Crippen molar-refractivity contribution in [2.24, 2.45) is 0 Å². The third kappa shape index (κ3) is 3.45. The number of halogens is 2. The van der Waals surface area contributed by atoms with E-state index in [1.807, 2.05) is 0 Å². The zero-order valence-electron chi connectivity index (χ0n) is 7.86. The predicted octanol–water partition coefficient (Wildman–Crippen LogP) is 0.598. The summed E-state index contributed by atoms with van der Waals surface area (Å²) in [5.41, 5.74) is -0.252. The predicted molar refractivity (Wildman–Crippen MR) is 71.7 cm³/mol. The largest absolute Gasteiger partial charge is 0.545 e. The van der Waals surface area contributed by atoms with Crippen LogP contribution in [0.3, 0.4) is 0 Å². The summed E-state index contributed by atoms with van der Waals surface area (Å²) in [5.74, 6) is -1.67. The number of carboxylic acid groups (broad SMARTS) is 1. The van der Waals surface area contributed by atoms with Crippen molar-refractivity contribution in [3.63, 3.8) is 0 Å². The fourth-order valence-corrected chi connectivity index (χ4v) is 2.79. The molecule has 8 heteroatoms. The van der Waals surface area contributed by atoms with E-state index in [-0.39, 0.29) is 11.3 Å². The highest BCUT2D eigenvalue weighted by atomic mass is 127. The normalized spacial score (nSPS) is 11.2. The van der Waals surface area contributed by atoms with Gasteiger partial charge in [0.25, 0.3) is 0 Å². The van der Waals surface area contributed by atoms with Gasteiger partial charge in [0.2, 0.25) is 0 Å². The van der Waals surface area contributed by atoms with E-state index in [0.29, 0.717) is 7.14 Å². The molecule has 0 fully saturated rings. The van der Waals surface area contributed by atoms with Gasteiger partial charge in [0, 0.05) is 3.57 Å². The number of carboxylic acids is 1. The van der Waals surface area contributed by atoms with Crippen molar-refractivity contribution in [1.29, 1.82) is 0 Å². The molecule has 0 aromatic heterocycles. The van der Waals surface area contributed by atoms with E-state index >= 15 is 0 Å². The lowest BCUT2D eigenvalue weighted by atomic mass is 10.2. The summed E-state index contributed by atoms with van der Waals surface area (Å²) in [5, 5.41) is 10.9. The van der Waals surface area contributed by atoms with Crippen molar-refractivity contribution in [3.8, 4) is 5.75 Å². The summed E-state index contributed by atoms with van der Waals surface area (Å²) in [7, 11) is -3.77. The maximum atomic E-state index is 11.0. The molecule has 0 bridgehead atoms. The van der Waals surface area contributed by atoms with Crippen LogP contribution in [-0.4, -0.2) is 20.6 Å². The molecule has 0 N–H and O–H groups in total. The molecule has 0 amide bonds. The minimum Gasteiger partial charge on any atom is -0.545 e. The van der Waals surface area contributed by atoms with Crippen LogP contribution in [0.5, 0.6) is 5.75 Å². The van der Waals surface area contributed by atoms with Crippen LogP contribution in [0.4, 0.5) is 0 Å². The van der Waals surface area contributed by atoms with E-state index in [4.69, 9.17) is 0 Å². The standard InChI is InChI=1S/C8H6I2O5S/c1-16(13,14)15-7-5(10)3-2-4(9)6(7)8(11)12/h2-3H,1H3,(H,11,12)/p-1. The summed E-state index contributed by atoms with van der Waals surface area (Å²) >= 11 is 3.56. The smallest absolute Gasteiger partial charge is 0.306 e. The first kappa shape index (κ1) is 14.0. The zero-order valence-corrected chi connectivity index (χ0v) is 13.0. The minimum absolute atomic E-state index is 0.199. The molecule has 0 radical (unpaired) electrons. The number of hydrogen-bond donors (Lipinski definition) is 0. The summed E-state index contributed by atoms with van der Waals surface area (Å²) in [6.45, 7) is 0. The van der Waals surface area contributed by atoms with Crippen LogP contribution in [0.25, 0.3) is 0 Å². The van der Waals surface area contributed by atoms with Gasteiger partial charge in [-0.25, -0.2) is 0 Å². The molecule has 0 aliphatic carbocycles. The second kappa shape index (κ2) is 5.04. The van der Waals surface area contributed by atoms with E-state index in [2.05, 4.69) is 4.18 Å². The zero-order chi connectivity index (χ0) is 12.5. The van der Waals surface area contributed by atoms with Gasteiger partial charge in [0.05, 0.1) is 21.4 Å². The van der Waals surface area contributed by atoms with Crippen molar-refractivity contribution in [2.45, 2.75) is 0 Å². The Balaban J connectivity index is 3.46. The first-order chi connectivity index (χ1) is 7.22. The fourth-order valence-electron chi connectivity index (χ4n) is 0.956. The molecule has 5 nitrogen and oxygen atoms in total. The highest BCUT2D eigenvalue weighted by Crippen LogP contribution is 2.30. The molecule has 1 aromatic rings. The quantitative estimate of drug-likeness (QED) is 0.481. The molecule has 0 atom stereocenters. The Morgan fingerprint density at radius 3 is 2.25 bits per heavy atom. The first-order valence-corrected chi connectivity index (χ1v) is 7.78. The van der Waals surface area contributed by atoms with E-state index < -0.39 is 16.1 Å². The second-order valence-electron chi connectivity index (χ2n) is 2.81. The third-order valence-corrected chi connectivity index (χ3v) is 3.72.